The van der Waals surface area contributed by atoms with Gasteiger partial charge in [0.1, 0.15) is 0 Å². The van der Waals surface area contributed by atoms with Crippen LogP contribution >= 0.6 is 36.3 Å². The Morgan fingerprint density at radius 2 is 1.85 bits per heavy atom. The van der Waals surface area contributed by atoms with Crippen LogP contribution in [0.3, 0.4) is 0 Å². The first-order chi connectivity index (χ1) is 9.48. The standard InChI is InChI=1S/C16H20BrF2I/c1-13-5-7-15(8-6-13)20(19)12-14(17)11-16(18)9-3-2-4-10-16/h5-8,12H,2-4,9-11H2,1H3/b14-12+. The molecular formula is C16H20BrF2I. The van der Waals surface area contributed by atoms with Crippen molar-refractivity contribution in [3.8, 4) is 0 Å². The number of hydrogen-bond acceptors (Lipinski definition) is 0. The Morgan fingerprint density at radius 1 is 1.25 bits per heavy atom. The molecule has 20 heavy (non-hydrogen) atoms. The molecule has 0 aromatic heterocycles. The molecule has 0 unspecified atom stereocenters. The summed E-state index contributed by atoms with van der Waals surface area (Å²) in [7, 11) is 0. The van der Waals surface area contributed by atoms with E-state index in [4.69, 9.17) is 0 Å². The van der Waals surface area contributed by atoms with E-state index in [0.717, 1.165) is 28.4 Å². The maximum absolute atomic E-state index is 14.6. The van der Waals surface area contributed by atoms with Gasteiger partial charge in [0.05, 0.1) is 0 Å². The number of alkyl halides is 1. The van der Waals surface area contributed by atoms with Crippen molar-refractivity contribution in [2.45, 2.75) is 51.1 Å². The van der Waals surface area contributed by atoms with Gasteiger partial charge in [-0.25, -0.2) is 0 Å². The van der Waals surface area contributed by atoms with Crippen LogP contribution in [0.2, 0.25) is 0 Å². The summed E-state index contributed by atoms with van der Waals surface area (Å²) in [5.41, 5.74) is 0.00340. The zero-order valence-corrected chi connectivity index (χ0v) is 15.4. The first-order valence-electron chi connectivity index (χ1n) is 6.95. The van der Waals surface area contributed by atoms with E-state index in [1.54, 1.807) is 4.08 Å². The second kappa shape index (κ2) is 7.34. The van der Waals surface area contributed by atoms with Gasteiger partial charge in [-0.05, 0) is 0 Å². The minimum atomic E-state index is -2.80. The van der Waals surface area contributed by atoms with Crippen LogP contribution in [0.25, 0.3) is 0 Å². The molecule has 0 atom stereocenters. The number of halogens is 4. The molecule has 0 heterocycles. The average molecular weight is 457 g/mol. The predicted molar refractivity (Wildman–Crippen MR) is 93.6 cm³/mol. The number of allylic oxidation sites excluding steroid dienone is 1. The Morgan fingerprint density at radius 3 is 2.45 bits per heavy atom. The van der Waals surface area contributed by atoms with Gasteiger partial charge in [0.25, 0.3) is 0 Å². The molecule has 1 fully saturated rings. The number of hydrogen-bond donors (Lipinski definition) is 0. The van der Waals surface area contributed by atoms with Gasteiger partial charge >= 0.3 is 137 Å². The summed E-state index contributed by atoms with van der Waals surface area (Å²) >= 11 is 0.581. The van der Waals surface area contributed by atoms with Crippen LogP contribution in [-0.2, 0) is 0 Å². The summed E-state index contributed by atoms with van der Waals surface area (Å²) in [6.45, 7) is 1.99. The maximum atomic E-state index is 14.6. The van der Waals surface area contributed by atoms with Crippen molar-refractivity contribution < 1.29 is 7.25 Å². The minimum absolute atomic E-state index is 0.330. The van der Waals surface area contributed by atoms with Crippen molar-refractivity contribution in [1.82, 2.24) is 0 Å². The van der Waals surface area contributed by atoms with Gasteiger partial charge in [0.2, 0.25) is 0 Å². The third-order valence-corrected chi connectivity index (χ3v) is 8.24. The van der Waals surface area contributed by atoms with Gasteiger partial charge < -0.3 is 0 Å². The van der Waals surface area contributed by atoms with E-state index >= 15 is 0 Å². The average Bonchev–Trinajstić information content (AvgIpc) is 2.39. The van der Waals surface area contributed by atoms with E-state index in [-0.39, 0.29) is 0 Å². The predicted octanol–water partition coefficient (Wildman–Crippen LogP) is 6.85. The van der Waals surface area contributed by atoms with E-state index in [2.05, 4.69) is 15.9 Å². The Balaban J connectivity index is 2.00. The van der Waals surface area contributed by atoms with E-state index in [0.29, 0.717) is 23.7 Å². The fraction of sp³-hybridized carbons (Fsp3) is 0.500. The van der Waals surface area contributed by atoms with Crippen molar-refractivity contribution in [2.75, 3.05) is 0 Å². The van der Waals surface area contributed by atoms with Gasteiger partial charge in [-0.3, -0.25) is 0 Å². The van der Waals surface area contributed by atoms with Crippen LogP contribution in [0.1, 0.15) is 44.1 Å². The van der Waals surface area contributed by atoms with Crippen LogP contribution < -0.4 is 0 Å². The second-order valence-corrected chi connectivity index (χ2v) is 9.89. The number of rotatable bonds is 4. The normalized spacial score (nSPS) is 19.8. The van der Waals surface area contributed by atoms with E-state index in [9.17, 15) is 7.25 Å². The van der Waals surface area contributed by atoms with Gasteiger partial charge in [-0.1, -0.05) is 0 Å². The molecule has 112 valence electrons. The fourth-order valence-corrected chi connectivity index (χ4v) is 6.27. The van der Waals surface area contributed by atoms with Crippen molar-refractivity contribution in [3.63, 3.8) is 0 Å². The fourth-order valence-electron chi connectivity index (χ4n) is 2.52. The molecule has 2 rings (SSSR count). The molecule has 1 aromatic carbocycles. The third-order valence-electron chi connectivity index (χ3n) is 3.67. The Labute approximate surface area is 136 Å². The van der Waals surface area contributed by atoms with Crippen molar-refractivity contribution in [1.29, 1.82) is 0 Å². The summed E-state index contributed by atoms with van der Waals surface area (Å²) in [6.07, 6.45) is 4.58. The molecule has 0 spiro atoms. The third kappa shape index (κ3) is 4.79. The summed E-state index contributed by atoms with van der Waals surface area (Å²) in [5, 5.41) is 0. The van der Waals surface area contributed by atoms with Crippen LogP contribution in [0.15, 0.2) is 32.8 Å². The van der Waals surface area contributed by atoms with Crippen LogP contribution in [0.5, 0.6) is 0 Å². The summed E-state index contributed by atoms with van der Waals surface area (Å²) < 4.78 is 32.0. The summed E-state index contributed by atoms with van der Waals surface area (Å²) in [5.74, 6) is 0. The molecule has 0 bridgehead atoms. The zero-order valence-electron chi connectivity index (χ0n) is 11.6. The van der Waals surface area contributed by atoms with Gasteiger partial charge in [0, 0.05) is 0 Å². The molecule has 1 saturated carbocycles. The van der Waals surface area contributed by atoms with E-state index in [1.165, 1.54) is 0 Å². The Kier molecular flexibility index (Phi) is 6.02. The molecule has 0 nitrogen and oxygen atoms in total. The van der Waals surface area contributed by atoms with Gasteiger partial charge in [0.15, 0.2) is 0 Å². The quantitative estimate of drug-likeness (QED) is 0.434. The van der Waals surface area contributed by atoms with Crippen LogP contribution in [0.4, 0.5) is 7.25 Å². The molecular weight excluding hydrogens is 437 g/mol. The summed E-state index contributed by atoms with van der Waals surface area (Å²) in [6, 6.07) is 7.56. The second-order valence-electron chi connectivity index (χ2n) is 5.50. The van der Waals surface area contributed by atoms with Crippen LogP contribution in [0, 0.1) is 10.5 Å². The topological polar surface area (TPSA) is 0 Å². The molecule has 1 aliphatic carbocycles. The van der Waals surface area contributed by atoms with E-state index < -0.39 is 26.1 Å². The number of benzene rings is 1. The molecule has 0 amide bonds. The molecule has 1 aromatic rings. The number of aryl methyl sites for hydroxylation is 1. The van der Waals surface area contributed by atoms with Crippen molar-refractivity contribution in [2.24, 2.45) is 0 Å². The van der Waals surface area contributed by atoms with Crippen LogP contribution in [-0.4, -0.2) is 5.67 Å². The molecule has 0 saturated heterocycles. The SMILES string of the molecule is Cc1ccc(I(F)/C=C(/Br)CC2(F)CCCCC2)cc1. The molecule has 0 aliphatic heterocycles. The molecule has 1 aliphatic rings. The first-order valence-corrected chi connectivity index (χ1v) is 10.9. The van der Waals surface area contributed by atoms with Gasteiger partial charge in [-0.15, -0.1) is 0 Å². The van der Waals surface area contributed by atoms with E-state index in [1.807, 2.05) is 31.2 Å². The molecule has 0 radical (unpaired) electrons. The Hall–Kier alpha value is 0.0300. The zero-order chi connectivity index (χ0) is 14.6. The van der Waals surface area contributed by atoms with Gasteiger partial charge in [-0.2, -0.15) is 0 Å². The molecule has 0 N–H and O–H groups in total. The monoisotopic (exact) mass is 456 g/mol. The van der Waals surface area contributed by atoms with Crippen molar-refractivity contribution in [3.05, 3.63) is 42.0 Å². The van der Waals surface area contributed by atoms with Crippen molar-refractivity contribution >= 4 is 36.3 Å². The molecule has 4 heteroatoms. The summed E-state index contributed by atoms with van der Waals surface area (Å²) in [4.78, 5) is 0. The Bertz CT molecular complexity index is 464. The first kappa shape index (κ1) is 16.4.